The fourth-order valence-corrected chi connectivity index (χ4v) is 2.06. The normalized spacial score (nSPS) is 11.6. The Labute approximate surface area is 134 Å². The van der Waals surface area contributed by atoms with Crippen LogP contribution in [-0.2, 0) is 6.61 Å². The largest absolute Gasteiger partial charge is 0.516 e. The Balaban J connectivity index is 2.32. The summed E-state index contributed by atoms with van der Waals surface area (Å²) in [5.41, 5.74) is 7.71. The molecular formula is C18H17NO4. The molecule has 118 valence electrons. The van der Waals surface area contributed by atoms with Crippen molar-refractivity contribution in [1.82, 2.24) is 0 Å². The minimum atomic E-state index is -1.07. The van der Waals surface area contributed by atoms with E-state index in [4.69, 9.17) is 15.6 Å². The highest BCUT2D eigenvalue weighted by Gasteiger charge is 2.13. The summed E-state index contributed by atoms with van der Waals surface area (Å²) in [7, 11) is 0. The maximum atomic E-state index is 11.3. The molecule has 2 aromatic carbocycles. The average Bonchev–Trinajstić information content (AvgIpc) is 2.58. The number of hydrogen-bond acceptors (Lipinski definition) is 4. The average molecular weight is 311 g/mol. The number of nitrogens with two attached hydrogens (primary N) is 1. The van der Waals surface area contributed by atoms with Gasteiger partial charge in [0.1, 0.15) is 17.9 Å². The number of hydrogen-bond donors (Lipinski definition) is 3. The van der Waals surface area contributed by atoms with Crippen LogP contribution in [0.2, 0.25) is 0 Å². The van der Waals surface area contributed by atoms with Gasteiger partial charge < -0.3 is 20.7 Å². The number of aromatic carboxylic acids is 1. The number of allylic oxidation sites excluding steroid dienone is 2. The van der Waals surface area contributed by atoms with Crippen LogP contribution in [0.4, 0.5) is 0 Å². The van der Waals surface area contributed by atoms with Gasteiger partial charge in [0.25, 0.3) is 0 Å². The molecule has 0 saturated carbocycles. The maximum Gasteiger partial charge on any atom is 0.339 e. The highest BCUT2D eigenvalue weighted by molar-refractivity contribution is 5.92. The first-order valence-corrected chi connectivity index (χ1v) is 6.93. The predicted octanol–water partition coefficient (Wildman–Crippen LogP) is 3.34. The quantitative estimate of drug-likeness (QED) is 0.562. The molecule has 0 amide bonds. The number of rotatable bonds is 6. The van der Waals surface area contributed by atoms with E-state index in [1.165, 1.54) is 18.3 Å². The van der Waals surface area contributed by atoms with Crippen LogP contribution in [0.25, 0.3) is 5.57 Å². The van der Waals surface area contributed by atoms with Gasteiger partial charge in [-0.05, 0) is 29.3 Å². The number of carboxylic acids is 1. The molecule has 0 unspecified atom stereocenters. The monoisotopic (exact) mass is 311 g/mol. The topological polar surface area (TPSA) is 92.8 Å². The van der Waals surface area contributed by atoms with Gasteiger partial charge in [0.05, 0.1) is 6.26 Å². The highest BCUT2D eigenvalue weighted by Crippen LogP contribution is 2.26. The van der Waals surface area contributed by atoms with Gasteiger partial charge in [-0.1, -0.05) is 36.4 Å². The minimum Gasteiger partial charge on any atom is -0.516 e. The van der Waals surface area contributed by atoms with Crippen molar-refractivity contribution < 1.29 is 19.7 Å². The van der Waals surface area contributed by atoms with E-state index in [2.05, 4.69) is 0 Å². The van der Waals surface area contributed by atoms with Gasteiger partial charge >= 0.3 is 5.97 Å². The number of carbonyl (C=O) groups is 1. The van der Waals surface area contributed by atoms with E-state index >= 15 is 0 Å². The lowest BCUT2D eigenvalue weighted by molar-refractivity contribution is 0.0691. The fourth-order valence-electron chi connectivity index (χ4n) is 2.06. The van der Waals surface area contributed by atoms with Crippen molar-refractivity contribution in [1.29, 1.82) is 0 Å². The molecule has 5 nitrogen and oxygen atoms in total. The summed E-state index contributed by atoms with van der Waals surface area (Å²) in [6, 6.07) is 14.1. The van der Waals surface area contributed by atoms with Crippen molar-refractivity contribution in [3.05, 3.63) is 83.8 Å². The predicted molar refractivity (Wildman–Crippen MR) is 88.1 cm³/mol. The molecule has 0 aliphatic rings. The summed E-state index contributed by atoms with van der Waals surface area (Å²) < 4.78 is 5.66. The van der Waals surface area contributed by atoms with Crippen LogP contribution >= 0.6 is 0 Å². The molecule has 0 radical (unpaired) electrons. The van der Waals surface area contributed by atoms with Crippen molar-refractivity contribution >= 4 is 11.5 Å². The number of benzene rings is 2. The lowest BCUT2D eigenvalue weighted by atomic mass is 10.0. The molecule has 0 aromatic heterocycles. The molecule has 0 spiro atoms. The van der Waals surface area contributed by atoms with E-state index < -0.39 is 5.97 Å². The number of carboxylic acid groups (broad SMARTS) is 1. The number of aliphatic hydroxyl groups excluding tert-OH is 1. The second kappa shape index (κ2) is 7.70. The Morgan fingerprint density at radius 1 is 1.17 bits per heavy atom. The van der Waals surface area contributed by atoms with E-state index in [1.807, 2.05) is 30.3 Å². The zero-order valence-electron chi connectivity index (χ0n) is 12.3. The molecule has 23 heavy (non-hydrogen) atoms. The lowest BCUT2D eigenvalue weighted by Gasteiger charge is -2.11. The lowest BCUT2D eigenvalue weighted by Crippen LogP contribution is -2.04. The van der Waals surface area contributed by atoms with Gasteiger partial charge in [0, 0.05) is 11.8 Å². The van der Waals surface area contributed by atoms with Gasteiger partial charge in [0.2, 0.25) is 0 Å². The van der Waals surface area contributed by atoms with E-state index in [9.17, 15) is 9.90 Å². The zero-order valence-corrected chi connectivity index (χ0v) is 12.3. The van der Waals surface area contributed by atoms with E-state index in [1.54, 1.807) is 12.1 Å². The number of ether oxygens (including phenoxy) is 1. The Kier molecular flexibility index (Phi) is 5.41. The van der Waals surface area contributed by atoms with Crippen molar-refractivity contribution in [2.24, 2.45) is 5.73 Å². The zero-order chi connectivity index (χ0) is 16.7. The second-order valence-corrected chi connectivity index (χ2v) is 4.73. The molecule has 0 atom stereocenters. The summed E-state index contributed by atoms with van der Waals surface area (Å²) in [6.07, 6.45) is 3.61. The molecule has 4 N–H and O–H groups in total. The van der Waals surface area contributed by atoms with Crippen LogP contribution in [0.1, 0.15) is 21.5 Å². The van der Waals surface area contributed by atoms with E-state index in [-0.39, 0.29) is 17.9 Å². The SMILES string of the molecule is N/C=C(\C=C/O)c1ccc(C(=O)O)c(OCc2ccccc2)c1. The molecule has 0 aliphatic heterocycles. The van der Waals surface area contributed by atoms with Crippen molar-refractivity contribution in [3.63, 3.8) is 0 Å². The van der Waals surface area contributed by atoms with Crippen LogP contribution in [0, 0.1) is 0 Å². The van der Waals surface area contributed by atoms with E-state index in [0.717, 1.165) is 11.8 Å². The molecule has 2 aromatic rings. The third-order valence-corrected chi connectivity index (χ3v) is 3.22. The summed E-state index contributed by atoms with van der Waals surface area (Å²) >= 11 is 0. The van der Waals surface area contributed by atoms with Crippen LogP contribution < -0.4 is 10.5 Å². The third-order valence-electron chi connectivity index (χ3n) is 3.22. The summed E-state index contributed by atoms with van der Waals surface area (Å²) in [5.74, 6) is -0.833. The third kappa shape index (κ3) is 4.14. The fraction of sp³-hybridized carbons (Fsp3) is 0.0556. The Bertz CT molecular complexity index is 736. The van der Waals surface area contributed by atoms with Crippen LogP contribution in [0.15, 0.2) is 67.1 Å². The first-order chi connectivity index (χ1) is 11.2. The smallest absolute Gasteiger partial charge is 0.339 e. The van der Waals surface area contributed by atoms with Gasteiger partial charge in [-0.2, -0.15) is 0 Å². The Morgan fingerprint density at radius 3 is 2.52 bits per heavy atom. The van der Waals surface area contributed by atoms with Crippen molar-refractivity contribution in [2.75, 3.05) is 0 Å². The van der Waals surface area contributed by atoms with Gasteiger partial charge in [-0.3, -0.25) is 0 Å². The summed E-state index contributed by atoms with van der Waals surface area (Å²) in [4.78, 5) is 11.3. The van der Waals surface area contributed by atoms with Gasteiger partial charge in [-0.15, -0.1) is 0 Å². The Hall–Kier alpha value is -3.21. The van der Waals surface area contributed by atoms with Crippen LogP contribution in [0.5, 0.6) is 5.75 Å². The molecule has 0 fully saturated rings. The van der Waals surface area contributed by atoms with E-state index in [0.29, 0.717) is 11.1 Å². The summed E-state index contributed by atoms with van der Waals surface area (Å²) in [6.45, 7) is 0.252. The second-order valence-electron chi connectivity index (χ2n) is 4.73. The molecule has 0 bridgehead atoms. The maximum absolute atomic E-state index is 11.3. The molecule has 5 heteroatoms. The number of aliphatic hydroxyl groups is 1. The van der Waals surface area contributed by atoms with Gasteiger partial charge in [0.15, 0.2) is 0 Å². The first-order valence-electron chi connectivity index (χ1n) is 6.93. The molecular weight excluding hydrogens is 294 g/mol. The summed E-state index contributed by atoms with van der Waals surface area (Å²) in [5, 5.41) is 18.2. The van der Waals surface area contributed by atoms with Crippen molar-refractivity contribution in [3.8, 4) is 5.75 Å². The molecule has 2 rings (SSSR count). The molecule has 0 heterocycles. The first kappa shape index (κ1) is 16.2. The minimum absolute atomic E-state index is 0.0639. The van der Waals surface area contributed by atoms with Crippen LogP contribution in [-0.4, -0.2) is 16.2 Å². The Morgan fingerprint density at radius 2 is 1.91 bits per heavy atom. The molecule has 0 aliphatic carbocycles. The molecule has 0 saturated heterocycles. The highest BCUT2D eigenvalue weighted by atomic mass is 16.5. The van der Waals surface area contributed by atoms with Gasteiger partial charge in [-0.25, -0.2) is 4.79 Å². The van der Waals surface area contributed by atoms with Crippen molar-refractivity contribution in [2.45, 2.75) is 6.61 Å². The standard InChI is InChI=1S/C18H17NO4/c19-11-15(8-9-20)14-6-7-16(18(21)22)17(10-14)23-12-13-4-2-1-3-5-13/h1-11,20H,12,19H2,(H,21,22)/b9-8-,15-11+. The van der Waals surface area contributed by atoms with Crippen LogP contribution in [0.3, 0.4) is 0 Å².